The average Bonchev–Trinajstić information content (AvgIpc) is 2.53. The van der Waals surface area contributed by atoms with Crippen molar-refractivity contribution >= 4 is 17.3 Å². The van der Waals surface area contributed by atoms with Crippen molar-refractivity contribution in [1.29, 1.82) is 0 Å². The number of rotatable bonds is 3. The third-order valence-corrected chi connectivity index (χ3v) is 4.18. The van der Waals surface area contributed by atoms with Gasteiger partial charge in [-0.2, -0.15) is 0 Å². The van der Waals surface area contributed by atoms with Crippen LogP contribution >= 0.6 is 0 Å². The fourth-order valence-corrected chi connectivity index (χ4v) is 2.94. The Kier molecular flexibility index (Phi) is 4.28. The molecule has 3 nitrogen and oxygen atoms in total. The topological polar surface area (TPSA) is 32.3 Å². The number of nitrogens with zero attached hydrogens (tertiary/aromatic N) is 1. The van der Waals surface area contributed by atoms with Gasteiger partial charge < -0.3 is 10.2 Å². The van der Waals surface area contributed by atoms with E-state index in [1.165, 1.54) is 11.6 Å². The van der Waals surface area contributed by atoms with E-state index in [0.29, 0.717) is 0 Å². The third kappa shape index (κ3) is 3.33. The number of benzene rings is 2. The van der Waals surface area contributed by atoms with Crippen LogP contribution < -0.4 is 10.2 Å². The van der Waals surface area contributed by atoms with Crippen molar-refractivity contribution in [1.82, 2.24) is 0 Å². The molecule has 1 heterocycles. The molecular weight excluding hydrogens is 298 g/mol. The number of para-hydroxylation sites is 1. The van der Waals surface area contributed by atoms with Gasteiger partial charge in [0.05, 0.1) is 12.2 Å². The van der Waals surface area contributed by atoms with Crippen molar-refractivity contribution in [3.8, 4) is 0 Å². The van der Waals surface area contributed by atoms with Crippen molar-refractivity contribution in [2.24, 2.45) is 0 Å². The summed E-state index contributed by atoms with van der Waals surface area (Å²) < 4.78 is 26.6. The molecule has 5 heteroatoms. The van der Waals surface area contributed by atoms with Gasteiger partial charge in [0.1, 0.15) is 11.6 Å². The SMILES string of the molecule is C[C@@H]1CCc2ccccc2N1CC(=O)Nc1ccc(F)cc1F. The summed E-state index contributed by atoms with van der Waals surface area (Å²) in [5, 5.41) is 2.51. The summed E-state index contributed by atoms with van der Waals surface area (Å²) in [4.78, 5) is 14.3. The van der Waals surface area contributed by atoms with Crippen LogP contribution in [0, 0.1) is 11.6 Å². The molecule has 2 aromatic carbocycles. The van der Waals surface area contributed by atoms with Crippen molar-refractivity contribution in [3.63, 3.8) is 0 Å². The monoisotopic (exact) mass is 316 g/mol. The molecule has 0 aromatic heterocycles. The minimum atomic E-state index is -0.773. The number of hydrogen-bond acceptors (Lipinski definition) is 2. The Morgan fingerprint density at radius 1 is 1.26 bits per heavy atom. The summed E-state index contributed by atoms with van der Waals surface area (Å²) in [6.45, 7) is 2.21. The number of nitrogens with one attached hydrogen (secondary N) is 1. The van der Waals surface area contributed by atoms with Gasteiger partial charge in [0.15, 0.2) is 0 Å². The van der Waals surface area contributed by atoms with Crippen molar-refractivity contribution < 1.29 is 13.6 Å². The molecule has 0 bridgehead atoms. The van der Waals surface area contributed by atoms with Crippen LogP contribution in [0.25, 0.3) is 0 Å². The van der Waals surface area contributed by atoms with E-state index in [9.17, 15) is 13.6 Å². The largest absolute Gasteiger partial charge is 0.359 e. The van der Waals surface area contributed by atoms with Crippen LogP contribution in [0.1, 0.15) is 18.9 Å². The Morgan fingerprint density at radius 3 is 2.83 bits per heavy atom. The zero-order chi connectivity index (χ0) is 16.4. The number of carbonyl (C=O) groups is 1. The van der Waals surface area contributed by atoms with Crippen LogP contribution in [0.5, 0.6) is 0 Å². The zero-order valence-corrected chi connectivity index (χ0v) is 12.9. The second-order valence-electron chi connectivity index (χ2n) is 5.82. The summed E-state index contributed by atoms with van der Waals surface area (Å²) in [6, 6.07) is 11.3. The molecule has 0 saturated carbocycles. The first-order chi connectivity index (χ1) is 11.0. The summed E-state index contributed by atoms with van der Waals surface area (Å²) in [6.07, 6.45) is 1.96. The summed E-state index contributed by atoms with van der Waals surface area (Å²) in [5.41, 5.74) is 2.25. The minimum Gasteiger partial charge on any atom is -0.359 e. The number of fused-ring (bicyclic) bond motifs is 1. The van der Waals surface area contributed by atoms with Gasteiger partial charge in [-0.1, -0.05) is 18.2 Å². The van der Waals surface area contributed by atoms with E-state index in [1.807, 2.05) is 23.1 Å². The Labute approximate surface area is 133 Å². The Morgan fingerprint density at radius 2 is 2.04 bits per heavy atom. The van der Waals surface area contributed by atoms with Gasteiger partial charge in [0.2, 0.25) is 5.91 Å². The van der Waals surface area contributed by atoms with Crippen LogP contribution in [0.3, 0.4) is 0 Å². The van der Waals surface area contributed by atoms with Crippen molar-refractivity contribution in [3.05, 3.63) is 59.7 Å². The van der Waals surface area contributed by atoms with Gasteiger partial charge in [0.25, 0.3) is 0 Å². The lowest BCUT2D eigenvalue weighted by Crippen LogP contribution is -2.42. The molecular formula is C18H18F2N2O. The zero-order valence-electron chi connectivity index (χ0n) is 12.9. The van der Waals surface area contributed by atoms with Gasteiger partial charge in [-0.3, -0.25) is 4.79 Å². The predicted octanol–water partition coefficient (Wildman–Crippen LogP) is 3.74. The lowest BCUT2D eigenvalue weighted by molar-refractivity contribution is -0.115. The Hall–Kier alpha value is -2.43. The number of amides is 1. The van der Waals surface area contributed by atoms with Gasteiger partial charge in [0, 0.05) is 17.8 Å². The average molecular weight is 316 g/mol. The second kappa shape index (κ2) is 6.36. The highest BCUT2D eigenvalue weighted by atomic mass is 19.1. The molecule has 2 aromatic rings. The van der Waals surface area contributed by atoms with E-state index in [-0.39, 0.29) is 24.2 Å². The molecule has 0 spiro atoms. The fourth-order valence-electron chi connectivity index (χ4n) is 2.94. The molecule has 0 unspecified atom stereocenters. The van der Waals surface area contributed by atoms with E-state index in [2.05, 4.69) is 18.3 Å². The van der Waals surface area contributed by atoms with Gasteiger partial charge in [-0.05, 0) is 43.5 Å². The van der Waals surface area contributed by atoms with Gasteiger partial charge in [-0.25, -0.2) is 8.78 Å². The molecule has 0 radical (unpaired) electrons. The van der Waals surface area contributed by atoms with Crippen LogP contribution in [0.2, 0.25) is 0 Å². The maximum Gasteiger partial charge on any atom is 0.243 e. The fraction of sp³-hybridized carbons (Fsp3) is 0.278. The molecule has 0 fully saturated rings. The van der Waals surface area contributed by atoms with Gasteiger partial charge in [-0.15, -0.1) is 0 Å². The van der Waals surface area contributed by atoms with E-state index in [4.69, 9.17) is 0 Å². The minimum absolute atomic E-state index is 0.00523. The molecule has 0 saturated heterocycles. The van der Waals surface area contributed by atoms with Crippen LogP contribution in [-0.4, -0.2) is 18.5 Å². The van der Waals surface area contributed by atoms with E-state index >= 15 is 0 Å². The molecule has 120 valence electrons. The maximum absolute atomic E-state index is 13.6. The molecule has 1 N–H and O–H groups in total. The second-order valence-corrected chi connectivity index (χ2v) is 5.82. The third-order valence-electron chi connectivity index (χ3n) is 4.18. The van der Waals surface area contributed by atoms with Crippen LogP contribution in [-0.2, 0) is 11.2 Å². The first-order valence-electron chi connectivity index (χ1n) is 7.64. The first-order valence-corrected chi connectivity index (χ1v) is 7.64. The van der Waals surface area contributed by atoms with Crippen LogP contribution in [0.4, 0.5) is 20.2 Å². The molecule has 0 aliphatic carbocycles. The highest BCUT2D eigenvalue weighted by Gasteiger charge is 2.24. The summed E-state index contributed by atoms with van der Waals surface area (Å²) in [7, 11) is 0. The number of hydrogen-bond donors (Lipinski definition) is 1. The molecule has 23 heavy (non-hydrogen) atoms. The summed E-state index contributed by atoms with van der Waals surface area (Å²) >= 11 is 0. The highest BCUT2D eigenvalue weighted by molar-refractivity contribution is 5.94. The lowest BCUT2D eigenvalue weighted by atomic mass is 9.96. The molecule has 1 amide bonds. The number of anilines is 2. The van der Waals surface area contributed by atoms with E-state index in [1.54, 1.807) is 0 Å². The molecule has 1 aliphatic heterocycles. The molecule has 3 rings (SSSR count). The van der Waals surface area contributed by atoms with Gasteiger partial charge >= 0.3 is 0 Å². The normalized spacial score (nSPS) is 16.8. The van der Waals surface area contributed by atoms with E-state index < -0.39 is 11.6 Å². The molecule has 1 aliphatic rings. The summed E-state index contributed by atoms with van der Waals surface area (Å²) in [5.74, 6) is -1.76. The lowest BCUT2D eigenvalue weighted by Gasteiger charge is -2.36. The standard InChI is InChI=1S/C18H18F2N2O/c1-12-6-7-13-4-2-3-5-17(13)22(12)11-18(23)21-16-9-8-14(19)10-15(16)20/h2-5,8-10,12H,6-7,11H2,1H3,(H,21,23)/t12-/m1/s1. The number of halogens is 2. The highest BCUT2D eigenvalue weighted by Crippen LogP contribution is 2.30. The van der Waals surface area contributed by atoms with Crippen LogP contribution in [0.15, 0.2) is 42.5 Å². The predicted molar refractivity (Wildman–Crippen MR) is 86.6 cm³/mol. The van der Waals surface area contributed by atoms with Crippen molar-refractivity contribution in [2.75, 3.05) is 16.8 Å². The number of carbonyl (C=O) groups excluding carboxylic acids is 1. The first kappa shape index (κ1) is 15.5. The number of aryl methyl sites for hydroxylation is 1. The maximum atomic E-state index is 13.6. The quantitative estimate of drug-likeness (QED) is 0.935. The van der Waals surface area contributed by atoms with Crippen molar-refractivity contribution in [2.45, 2.75) is 25.8 Å². The Bertz CT molecular complexity index is 733. The Balaban J connectivity index is 1.75. The molecule has 1 atom stereocenters. The van der Waals surface area contributed by atoms with E-state index in [0.717, 1.165) is 30.7 Å². The smallest absolute Gasteiger partial charge is 0.243 e.